The molecule has 2 N–H and O–H groups in total. The number of methoxy groups -OCH3 is 1. The molecule has 0 unspecified atom stereocenters. The van der Waals surface area contributed by atoms with Gasteiger partial charge in [0.25, 0.3) is 11.8 Å². The second kappa shape index (κ2) is 12.3. The van der Waals surface area contributed by atoms with Crippen molar-refractivity contribution in [3.8, 4) is 0 Å². The van der Waals surface area contributed by atoms with Crippen molar-refractivity contribution < 1.29 is 19.1 Å². The van der Waals surface area contributed by atoms with E-state index in [9.17, 15) is 14.4 Å². The Morgan fingerprint density at radius 3 is 2.35 bits per heavy atom. The fourth-order valence-corrected chi connectivity index (χ4v) is 4.28. The van der Waals surface area contributed by atoms with Crippen LogP contribution in [0.5, 0.6) is 0 Å². The third-order valence-electron chi connectivity index (χ3n) is 6.38. The van der Waals surface area contributed by atoms with E-state index in [1.54, 1.807) is 19.2 Å². The second-order valence-corrected chi connectivity index (χ2v) is 8.90. The smallest absolute Gasteiger partial charge is 0.254 e. The van der Waals surface area contributed by atoms with Crippen LogP contribution in [0.1, 0.15) is 51.1 Å². The number of piperidine rings is 1. The Labute approximate surface area is 201 Å². The summed E-state index contributed by atoms with van der Waals surface area (Å²) in [4.78, 5) is 40.8. The molecule has 1 aliphatic heterocycles. The van der Waals surface area contributed by atoms with Crippen molar-refractivity contribution in [2.45, 2.75) is 39.2 Å². The third kappa shape index (κ3) is 6.67. The molecule has 3 amide bonds. The number of nitrogens with zero attached hydrogens (tertiary/aromatic N) is 1. The number of likely N-dealkylation sites (tertiary alicyclic amines) is 1. The minimum atomic E-state index is -0.660. The number of amides is 3. The minimum absolute atomic E-state index is 0.0146. The molecule has 1 saturated heterocycles. The average molecular weight is 466 g/mol. The van der Waals surface area contributed by atoms with Gasteiger partial charge in [-0.05, 0) is 62.8 Å². The monoisotopic (exact) mass is 465 g/mol. The van der Waals surface area contributed by atoms with Crippen molar-refractivity contribution in [3.05, 3.63) is 70.8 Å². The van der Waals surface area contributed by atoms with Crippen molar-refractivity contribution in [1.29, 1.82) is 0 Å². The van der Waals surface area contributed by atoms with Gasteiger partial charge in [0.05, 0.1) is 0 Å². The van der Waals surface area contributed by atoms with E-state index in [0.717, 1.165) is 11.1 Å². The molecule has 0 radical (unpaired) electrons. The first kappa shape index (κ1) is 25.4. The van der Waals surface area contributed by atoms with Crippen LogP contribution in [0.2, 0.25) is 0 Å². The molecule has 34 heavy (non-hydrogen) atoms. The van der Waals surface area contributed by atoms with Gasteiger partial charge in [-0.1, -0.05) is 35.9 Å². The summed E-state index contributed by atoms with van der Waals surface area (Å²) in [6.45, 7) is 6.03. The zero-order valence-electron chi connectivity index (χ0n) is 20.3. The standard InChI is InChI=1S/C27H35N3O4/c1-19-9-11-22(12-10-19)25(31)29-24(26(32)28-15-6-18-34-3)21-13-16-30(17-14-21)27(33)23-8-5-4-7-20(23)2/h4-5,7-12,21,24H,6,13-18H2,1-3H3,(H,28,32)(H,29,31)/t24-/m1/s1. The van der Waals surface area contributed by atoms with Crippen LogP contribution in [0.3, 0.4) is 0 Å². The zero-order chi connectivity index (χ0) is 24.5. The van der Waals surface area contributed by atoms with Gasteiger partial charge in [-0.2, -0.15) is 0 Å². The van der Waals surface area contributed by atoms with Gasteiger partial charge in [0, 0.05) is 44.5 Å². The lowest BCUT2D eigenvalue weighted by Crippen LogP contribution is -2.54. The molecule has 182 valence electrons. The quantitative estimate of drug-likeness (QED) is 0.557. The lowest BCUT2D eigenvalue weighted by Gasteiger charge is -2.36. The fourth-order valence-electron chi connectivity index (χ4n) is 4.28. The maximum Gasteiger partial charge on any atom is 0.254 e. The van der Waals surface area contributed by atoms with E-state index in [1.165, 1.54) is 0 Å². The number of nitrogens with one attached hydrogen (secondary N) is 2. The van der Waals surface area contributed by atoms with Crippen LogP contribution in [0.25, 0.3) is 0 Å². The highest BCUT2D eigenvalue weighted by atomic mass is 16.5. The van der Waals surface area contributed by atoms with Gasteiger partial charge in [0.15, 0.2) is 0 Å². The Balaban J connectivity index is 1.67. The Hall–Kier alpha value is -3.19. The predicted octanol–water partition coefficient (Wildman–Crippen LogP) is 3.11. The topological polar surface area (TPSA) is 87.7 Å². The number of hydrogen-bond acceptors (Lipinski definition) is 4. The van der Waals surface area contributed by atoms with Gasteiger partial charge < -0.3 is 20.3 Å². The van der Waals surface area contributed by atoms with Crippen LogP contribution in [0.4, 0.5) is 0 Å². The lowest BCUT2D eigenvalue weighted by molar-refractivity contribution is -0.124. The van der Waals surface area contributed by atoms with Crippen molar-refractivity contribution in [3.63, 3.8) is 0 Å². The number of benzene rings is 2. The summed E-state index contributed by atoms with van der Waals surface area (Å²) in [7, 11) is 1.62. The summed E-state index contributed by atoms with van der Waals surface area (Å²) in [6.07, 6.45) is 1.98. The summed E-state index contributed by atoms with van der Waals surface area (Å²) >= 11 is 0. The van der Waals surface area contributed by atoms with Crippen LogP contribution in [-0.2, 0) is 9.53 Å². The van der Waals surface area contributed by atoms with Gasteiger partial charge in [-0.25, -0.2) is 0 Å². The fraction of sp³-hybridized carbons (Fsp3) is 0.444. The molecular formula is C27H35N3O4. The van der Waals surface area contributed by atoms with Crippen LogP contribution >= 0.6 is 0 Å². The Morgan fingerprint density at radius 2 is 1.71 bits per heavy atom. The van der Waals surface area contributed by atoms with Gasteiger partial charge in [-0.15, -0.1) is 0 Å². The van der Waals surface area contributed by atoms with Gasteiger partial charge in [0.2, 0.25) is 5.91 Å². The van der Waals surface area contributed by atoms with Crippen molar-refractivity contribution in [2.75, 3.05) is 33.4 Å². The molecule has 2 aromatic rings. The van der Waals surface area contributed by atoms with E-state index < -0.39 is 6.04 Å². The van der Waals surface area contributed by atoms with E-state index >= 15 is 0 Å². The van der Waals surface area contributed by atoms with Gasteiger partial charge in [-0.3, -0.25) is 14.4 Å². The van der Waals surface area contributed by atoms with Crippen molar-refractivity contribution >= 4 is 17.7 Å². The third-order valence-corrected chi connectivity index (χ3v) is 6.38. The molecule has 1 heterocycles. The largest absolute Gasteiger partial charge is 0.385 e. The molecule has 0 spiro atoms. The average Bonchev–Trinajstić information content (AvgIpc) is 2.85. The first-order valence-electron chi connectivity index (χ1n) is 11.9. The molecule has 1 aliphatic rings. The molecule has 7 nitrogen and oxygen atoms in total. The van der Waals surface area contributed by atoms with E-state index in [0.29, 0.717) is 56.6 Å². The summed E-state index contributed by atoms with van der Waals surface area (Å²) in [5.41, 5.74) is 3.25. The Morgan fingerprint density at radius 1 is 1.03 bits per heavy atom. The summed E-state index contributed by atoms with van der Waals surface area (Å²) in [6, 6.07) is 14.2. The maximum absolute atomic E-state index is 13.1. The normalized spacial score (nSPS) is 15.0. The van der Waals surface area contributed by atoms with Crippen molar-refractivity contribution in [1.82, 2.24) is 15.5 Å². The first-order valence-corrected chi connectivity index (χ1v) is 11.9. The number of aryl methyl sites for hydroxylation is 2. The minimum Gasteiger partial charge on any atom is -0.385 e. The van der Waals surface area contributed by atoms with Gasteiger partial charge >= 0.3 is 0 Å². The molecule has 7 heteroatoms. The number of rotatable bonds is 9. The molecule has 2 aromatic carbocycles. The number of carbonyl (C=O) groups excluding carboxylic acids is 3. The SMILES string of the molecule is COCCCNC(=O)[C@H](NC(=O)c1ccc(C)cc1)C1CCN(C(=O)c2ccccc2C)CC1. The molecular weight excluding hydrogens is 430 g/mol. The predicted molar refractivity (Wildman–Crippen MR) is 132 cm³/mol. The Bertz CT molecular complexity index is 982. The van der Waals surface area contributed by atoms with Crippen LogP contribution in [0.15, 0.2) is 48.5 Å². The number of carbonyl (C=O) groups is 3. The van der Waals surface area contributed by atoms with Gasteiger partial charge in [0.1, 0.15) is 6.04 Å². The van der Waals surface area contributed by atoms with E-state index in [-0.39, 0.29) is 23.6 Å². The maximum atomic E-state index is 13.1. The highest BCUT2D eigenvalue weighted by Crippen LogP contribution is 2.24. The number of hydrogen-bond donors (Lipinski definition) is 2. The molecule has 1 atom stereocenters. The van der Waals surface area contributed by atoms with E-state index in [1.807, 2.05) is 55.1 Å². The summed E-state index contributed by atoms with van der Waals surface area (Å²) in [5.74, 6) is -0.505. The number of ether oxygens (including phenoxy) is 1. The lowest BCUT2D eigenvalue weighted by atomic mass is 9.88. The Kier molecular flexibility index (Phi) is 9.22. The first-order chi connectivity index (χ1) is 16.4. The molecule has 0 bridgehead atoms. The van der Waals surface area contributed by atoms with Crippen LogP contribution in [-0.4, -0.2) is 62.0 Å². The van der Waals surface area contributed by atoms with E-state index in [2.05, 4.69) is 10.6 Å². The summed E-state index contributed by atoms with van der Waals surface area (Å²) in [5, 5.41) is 5.90. The summed E-state index contributed by atoms with van der Waals surface area (Å²) < 4.78 is 5.05. The highest BCUT2D eigenvalue weighted by molar-refractivity contribution is 5.98. The molecule has 0 aliphatic carbocycles. The molecule has 3 rings (SSSR count). The van der Waals surface area contributed by atoms with Crippen LogP contribution < -0.4 is 10.6 Å². The molecule has 0 saturated carbocycles. The molecule has 0 aromatic heterocycles. The highest BCUT2D eigenvalue weighted by Gasteiger charge is 2.34. The van der Waals surface area contributed by atoms with Crippen molar-refractivity contribution in [2.24, 2.45) is 5.92 Å². The molecule has 1 fully saturated rings. The van der Waals surface area contributed by atoms with E-state index in [4.69, 9.17) is 4.74 Å². The second-order valence-electron chi connectivity index (χ2n) is 8.90. The van der Waals surface area contributed by atoms with Crippen LogP contribution in [0, 0.1) is 19.8 Å². The zero-order valence-corrected chi connectivity index (χ0v) is 20.3.